The van der Waals surface area contributed by atoms with Gasteiger partial charge in [0.15, 0.2) is 0 Å². The van der Waals surface area contributed by atoms with E-state index in [2.05, 4.69) is 209 Å². The van der Waals surface area contributed by atoms with E-state index in [0.717, 1.165) is 22.8 Å². The maximum Gasteiger partial charge on any atom is 1.00 e. The van der Waals surface area contributed by atoms with Crippen LogP contribution in [0.1, 0.15) is 212 Å². The number of nitrogens with zero attached hydrogens (tertiary/aromatic N) is 8. The molecule has 0 spiro atoms. The van der Waals surface area contributed by atoms with Gasteiger partial charge in [0.1, 0.15) is 13.3 Å². The van der Waals surface area contributed by atoms with E-state index in [1.165, 1.54) is 22.8 Å². The predicted molar refractivity (Wildman–Crippen MR) is 229 cm³/mol. The summed E-state index contributed by atoms with van der Waals surface area (Å²) in [6.45, 7) is 55.0. The minimum atomic E-state index is -2.85. The van der Waals surface area contributed by atoms with Crippen molar-refractivity contribution in [3.05, 3.63) is 69.8 Å². The molecule has 0 fully saturated rings. The predicted octanol–water partition coefficient (Wildman–Crippen LogP) is 7.98. The summed E-state index contributed by atoms with van der Waals surface area (Å²) in [5, 5.41) is 20.0. The molecule has 0 amide bonds. The molecule has 0 N–H and O–H groups in total. The van der Waals surface area contributed by atoms with Crippen LogP contribution >= 0.6 is 0 Å². The molecule has 0 aromatic carbocycles. The van der Waals surface area contributed by atoms with Gasteiger partial charge in [-0.3, -0.25) is 0 Å². The second-order valence-corrected chi connectivity index (χ2v) is 24.5. The summed E-state index contributed by atoms with van der Waals surface area (Å²) in [6, 6.07) is 9.08. The van der Waals surface area contributed by atoms with Crippen LogP contribution in [0.4, 0.5) is 0 Å². The SMILES string of the molecule is CC(C)(C)c1cc(C(C)(C)C)n(Cn2nc(C(C)(C)C)cc2C(C)(C)C)n1.CC(C)(C)c1cc(C(C)(C)C)n(Cn2nc(C(C)(C)C)cc2C(C)(C)C)n1.[Cu+].[O-][Cl+2]([O-])[O-]. The van der Waals surface area contributed by atoms with Crippen LogP contribution in [0.15, 0.2) is 24.3 Å². The second-order valence-electron chi connectivity index (χ2n) is 24.1. The van der Waals surface area contributed by atoms with E-state index in [1.54, 1.807) is 0 Å². The molecule has 4 heterocycles. The van der Waals surface area contributed by atoms with Crippen LogP contribution in [0.5, 0.6) is 0 Å². The van der Waals surface area contributed by atoms with Gasteiger partial charge >= 0.3 is 17.1 Å². The number of hydrogen-bond acceptors (Lipinski definition) is 7. The molecule has 13 heteroatoms. The van der Waals surface area contributed by atoms with Gasteiger partial charge in [-0.15, -0.1) is 0 Å². The smallest absolute Gasteiger partial charge is 0.357 e. The molecule has 0 atom stereocenters. The van der Waals surface area contributed by atoms with Crippen molar-refractivity contribution in [3.8, 4) is 0 Å². The van der Waals surface area contributed by atoms with Crippen LogP contribution < -0.4 is 14.0 Å². The maximum atomic E-state index is 8.41. The first-order valence-corrected chi connectivity index (χ1v) is 21.6. The minimum Gasteiger partial charge on any atom is -0.357 e. The topological polar surface area (TPSA) is 140 Å². The third-order valence-electron chi connectivity index (χ3n) is 9.80. The van der Waals surface area contributed by atoms with Crippen LogP contribution in [0.3, 0.4) is 0 Å². The zero-order chi connectivity index (χ0) is 45.6. The maximum absolute atomic E-state index is 8.41. The molecule has 4 aromatic heterocycles. The fourth-order valence-electron chi connectivity index (χ4n) is 6.23. The molecule has 0 unspecified atom stereocenters. The summed E-state index contributed by atoms with van der Waals surface area (Å²) in [5.41, 5.74) is 9.74. The third-order valence-corrected chi connectivity index (χ3v) is 9.80. The zero-order valence-corrected chi connectivity index (χ0v) is 42.9. The van der Waals surface area contributed by atoms with Gasteiger partial charge in [-0.1, -0.05) is 166 Å². The molecule has 4 rings (SSSR count). The Morgan fingerprint density at radius 2 is 0.475 bits per heavy atom. The molecule has 59 heavy (non-hydrogen) atoms. The minimum absolute atomic E-state index is 0. The van der Waals surface area contributed by atoms with Crippen LogP contribution in [0.25, 0.3) is 0 Å². The molecule has 0 aliphatic carbocycles. The van der Waals surface area contributed by atoms with Gasteiger partial charge in [-0.2, -0.15) is 20.4 Å². The quantitative estimate of drug-likeness (QED) is 0.189. The standard InChI is InChI=1S/2C23H40N4.ClO3.Cu/c2*1-20(2,3)16-13-18(22(7,8)9)26(24-16)15-27-19(23(10,11)12)14-17(25-27)21(4,5)6;2-1(3)4;/h2*13-14H,15H2,1-12H3;;/q;;-1;+1. The normalized spacial score (nSPS) is 13.5. The second kappa shape index (κ2) is 18.5. The summed E-state index contributed by atoms with van der Waals surface area (Å²) in [5.74, 6) is 0. The van der Waals surface area contributed by atoms with E-state index in [4.69, 9.17) is 34.4 Å². The van der Waals surface area contributed by atoms with E-state index < -0.39 is 10.8 Å². The van der Waals surface area contributed by atoms with Crippen LogP contribution in [-0.2, 0) is 73.7 Å². The first kappa shape index (κ1) is 54.5. The molecule has 0 saturated heterocycles. The first-order chi connectivity index (χ1) is 25.5. The van der Waals surface area contributed by atoms with Crippen LogP contribution in [0.2, 0.25) is 0 Å². The van der Waals surface area contributed by atoms with Gasteiger partial charge in [0.05, 0.1) is 33.6 Å². The number of rotatable bonds is 4. The van der Waals surface area contributed by atoms with Crippen molar-refractivity contribution >= 4 is 0 Å². The van der Waals surface area contributed by atoms with Gasteiger partial charge in [0, 0.05) is 66.1 Å². The van der Waals surface area contributed by atoms with Crippen molar-refractivity contribution in [2.75, 3.05) is 0 Å². The van der Waals surface area contributed by atoms with Crippen molar-refractivity contribution in [2.45, 2.75) is 223 Å². The number of hydrogen-bond donors (Lipinski definition) is 0. The van der Waals surface area contributed by atoms with E-state index in [9.17, 15) is 0 Å². The molecule has 0 aliphatic rings. The first-order valence-electron chi connectivity index (χ1n) is 20.6. The monoisotopic (exact) mass is 891 g/mol. The van der Waals surface area contributed by atoms with Crippen LogP contribution in [-0.4, -0.2) is 39.1 Å². The largest absolute Gasteiger partial charge is 1.00 e. The van der Waals surface area contributed by atoms with E-state index in [-0.39, 0.29) is 60.4 Å². The molecular weight excluding hydrogens is 812 g/mol. The van der Waals surface area contributed by atoms with Crippen molar-refractivity contribution in [1.29, 1.82) is 0 Å². The van der Waals surface area contributed by atoms with Gasteiger partial charge < -0.3 is 14.0 Å². The summed E-state index contributed by atoms with van der Waals surface area (Å²) in [4.78, 5) is 0. The average molecular weight is 892 g/mol. The molecule has 340 valence electrons. The molecule has 0 aliphatic heterocycles. The zero-order valence-electron chi connectivity index (χ0n) is 41.2. The molecule has 0 radical (unpaired) electrons. The Bertz CT molecular complexity index is 1670. The Hall–Kier alpha value is -2.47. The summed E-state index contributed by atoms with van der Waals surface area (Å²) < 4.78 is 33.8. The Morgan fingerprint density at radius 3 is 0.576 bits per heavy atom. The molecule has 11 nitrogen and oxygen atoms in total. The van der Waals surface area contributed by atoms with Crippen molar-refractivity contribution < 1.29 is 41.8 Å². The summed E-state index contributed by atoms with van der Waals surface area (Å²) in [6.07, 6.45) is 0. The van der Waals surface area contributed by atoms with Gasteiger partial charge in [-0.25, -0.2) is 18.7 Å². The number of aromatic nitrogens is 8. The fourth-order valence-corrected chi connectivity index (χ4v) is 6.23. The Kier molecular flexibility index (Phi) is 17.1. The molecule has 0 bridgehead atoms. The third kappa shape index (κ3) is 15.4. The Labute approximate surface area is 372 Å². The Balaban J connectivity index is 0.000000532. The van der Waals surface area contributed by atoms with Gasteiger partial charge in [-0.05, 0) is 24.3 Å². The fraction of sp³-hybridized carbons (Fsp3) is 0.739. The average Bonchev–Trinajstić information content (AvgIpc) is 3.75. The van der Waals surface area contributed by atoms with Crippen molar-refractivity contribution in [3.63, 3.8) is 0 Å². The number of halogens is 1. The molecule has 0 saturated carbocycles. The van der Waals surface area contributed by atoms with Gasteiger partial charge in [0.2, 0.25) is 0 Å². The molecule has 4 aromatic rings. The van der Waals surface area contributed by atoms with E-state index in [0.29, 0.717) is 13.3 Å². The van der Waals surface area contributed by atoms with Crippen molar-refractivity contribution in [1.82, 2.24) is 39.1 Å². The van der Waals surface area contributed by atoms with E-state index >= 15 is 0 Å². The summed E-state index contributed by atoms with van der Waals surface area (Å²) >= 11 is 0. The van der Waals surface area contributed by atoms with E-state index in [1.807, 2.05) is 0 Å². The van der Waals surface area contributed by atoms with Crippen molar-refractivity contribution in [2.24, 2.45) is 0 Å². The Morgan fingerprint density at radius 1 is 0.339 bits per heavy atom. The van der Waals surface area contributed by atoms with Crippen LogP contribution in [0, 0.1) is 10.8 Å². The summed E-state index contributed by atoms with van der Waals surface area (Å²) in [7, 11) is -2.85. The molecular formula is C46H80ClCuN8O3. The van der Waals surface area contributed by atoms with Gasteiger partial charge in [0.25, 0.3) is 0 Å².